The zero-order valence-corrected chi connectivity index (χ0v) is 12.6. The minimum atomic E-state index is 0.149. The second-order valence-corrected chi connectivity index (χ2v) is 6.19. The van der Waals surface area contributed by atoms with Crippen LogP contribution in [0.25, 0.3) is 0 Å². The van der Waals surface area contributed by atoms with Gasteiger partial charge in [-0.25, -0.2) is 0 Å². The molecule has 2 aliphatic heterocycles. The highest BCUT2D eigenvalue weighted by atomic mass is 16.1. The smallest absolute Gasteiger partial charge is 0.224 e. The van der Waals surface area contributed by atoms with Gasteiger partial charge in [0.15, 0.2) is 0 Å². The molecular formula is C17H25N3O. The van der Waals surface area contributed by atoms with Crippen LogP contribution in [0.1, 0.15) is 32.1 Å². The molecule has 21 heavy (non-hydrogen) atoms. The maximum absolute atomic E-state index is 12.1. The van der Waals surface area contributed by atoms with Crippen LogP contribution in [-0.4, -0.2) is 32.1 Å². The number of rotatable bonds is 4. The number of hydrogen-bond acceptors (Lipinski definition) is 3. The standard InChI is InChI=1S/C17H25N3O/c21-17(13-14-7-9-18-10-8-14)19-15-3-5-16(6-4-15)20-11-1-2-12-20/h3-6,14,18H,1-2,7-13H2,(H,19,21). The van der Waals surface area contributed by atoms with Gasteiger partial charge in [-0.3, -0.25) is 4.79 Å². The largest absolute Gasteiger partial charge is 0.372 e. The first-order valence-corrected chi connectivity index (χ1v) is 8.17. The first-order chi connectivity index (χ1) is 10.3. The van der Waals surface area contributed by atoms with Gasteiger partial charge >= 0.3 is 0 Å². The zero-order chi connectivity index (χ0) is 14.5. The summed E-state index contributed by atoms with van der Waals surface area (Å²) in [5, 5.41) is 6.36. The third-order valence-electron chi connectivity index (χ3n) is 4.56. The molecule has 2 N–H and O–H groups in total. The van der Waals surface area contributed by atoms with Crippen molar-refractivity contribution in [1.82, 2.24) is 5.32 Å². The van der Waals surface area contributed by atoms with E-state index >= 15 is 0 Å². The molecule has 2 fully saturated rings. The predicted molar refractivity (Wildman–Crippen MR) is 86.7 cm³/mol. The molecule has 4 heteroatoms. The van der Waals surface area contributed by atoms with Crippen molar-refractivity contribution in [2.75, 3.05) is 36.4 Å². The number of piperidine rings is 1. The number of benzene rings is 1. The fourth-order valence-corrected chi connectivity index (χ4v) is 3.29. The number of amides is 1. The van der Waals surface area contributed by atoms with E-state index < -0.39 is 0 Å². The molecule has 114 valence electrons. The van der Waals surface area contributed by atoms with Crippen LogP contribution in [0.2, 0.25) is 0 Å². The van der Waals surface area contributed by atoms with Crippen LogP contribution < -0.4 is 15.5 Å². The molecule has 2 aliphatic rings. The van der Waals surface area contributed by atoms with Crippen molar-refractivity contribution in [2.24, 2.45) is 5.92 Å². The van der Waals surface area contributed by atoms with Crippen molar-refractivity contribution < 1.29 is 4.79 Å². The van der Waals surface area contributed by atoms with E-state index in [9.17, 15) is 4.79 Å². The van der Waals surface area contributed by atoms with Crippen LogP contribution >= 0.6 is 0 Å². The fourth-order valence-electron chi connectivity index (χ4n) is 3.29. The highest BCUT2D eigenvalue weighted by molar-refractivity contribution is 5.91. The topological polar surface area (TPSA) is 44.4 Å². The van der Waals surface area contributed by atoms with Gasteiger partial charge in [-0.1, -0.05) is 0 Å². The van der Waals surface area contributed by atoms with E-state index in [2.05, 4.69) is 27.7 Å². The second kappa shape index (κ2) is 6.94. The Morgan fingerprint density at radius 2 is 1.81 bits per heavy atom. The lowest BCUT2D eigenvalue weighted by molar-refractivity contribution is -0.117. The minimum absolute atomic E-state index is 0.149. The molecule has 0 atom stereocenters. The first kappa shape index (κ1) is 14.4. The van der Waals surface area contributed by atoms with Crippen molar-refractivity contribution in [1.29, 1.82) is 0 Å². The molecule has 0 saturated carbocycles. The molecule has 4 nitrogen and oxygen atoms in total. The fraction of sp³-hybridized carbons (Fsp3) is 0.588. The van der Waals surface area contributed by atoms with E-state index in [-0.39, 0.29) is 5.91 Å². The van der Waals surface area contributed by atoms with Gasteiger partial charge in [-0.2, -0.15) is 0 Å². The molecule has 0 unspecified atom stereocenters. The Hall–Kier alpha value is -1.55. The van der Waals surface area contributed by atoms with E-state index in [1.54, 1.807) is 0 Å². The third kappa shape index (κ3) is 3.97. The number of carbonyl (C=O) groups excluding carboxylic acids is 1. The van der Waals surface area contributed by atoms with Gasteiger partial charge in [0.1, 0.15) is 0 Å². The monoisotopic (exact) mass is 287 g/mol. The molecule has 1 amide bonds. The van der Waals surface area contributed by atoms with Crippen LogP contribution in [-0.2, 0) is 4.79 Å². The average Bonchev–Trinajstić information content (AvgIpc) is 3.03. The Balaban J connectivity index is 1.50. The van der Waals surface area contributed by atoms with Crippen molar-refractivity contribution in [2.45, 2.75) is 32.1 Å². The molecule has 2 saturated heterocycles. The lowest BCUT2D eigenvalue weighted by Crippen LogP contribution is -2.30. The van der Waals surface area contributed by atoms with Gasteiger partial charge in [0.25, 0.3) is 0 Å². The van der Waals surface area contributed by atoms with Crippen LogP contribution in [0.4, 0.5) is 11.4 Å². The highest BCUT2D eigenvalue weighted by Gasteiger charge is 2.17. The van der Waals surface area contributed by atoms with Gasteiger partial charge < -0.3 is 15.5 Å². The summed E-state index contributed by atoms with van der Waals surface area (Å²) in [6.07, 6.45) is 5.45. The van der Waals surface area contributed by atoms with Crippen LogP contribution in [0.3, 0.4) is 0 Å². The molecule has 1 aromatic rings. The van der Waals surface area contributed by atoms with E-state index in [1.807, 2.05) is 12.1 Å². The highest BCUT2D eigenvalue weighted by Crippen LogP contribution is 2.22. The summed E-state index contributed by atoms with van der Waals surface area (Å²) in [5.41, 5.74) is 2.18. The molecule has 0 aliphatic carbocycles. The summed E-state index contributed by atoms with van der Waals surface area (Å²) < 4.78 is 0. The Morgan fingerprint density at radius 1 is 1.14 bits per heavy atom. The summed E-state index contributed by atoms with van der Waals surface area (Å²) in [6.45, 7) is 4.40. The summed E-state index contributed by atoms with van der Waals surface area (Å²) in [6, 6.07) is 8.28. The Kier molecular flexibility index (Phi) is 4.76. The van der Waals surface area contributed by atoms with Gasteiger partial charge in [-0.15, -0.1) is 0 Å². The van der Waals surface area contributed by atoms with Gasteiger partial charge in [0.2, 0.25) is 5.91 Å². The Labute approximate surface area is 126 Å². The molecule has 0 radical (unpaired) electrons. The molecule has 0 bridgehead atoms. The molecule has 3 rings (SSSR count). The maximum atomic E-state index is 12.1. The van der Waals surface area contributed by atoms with Gasteiger partial charge in [-0.05, 0) is 69.0 Å². The van der Waals surface area contributed by atoms with E-state index in [0.29, 0.717) is 12.3 Å². The predicted octanol–water partition coefficient (Wildman–Crippen LogP) is 2.62. The molecule has 0 aromatic heterocycles. The van der Waals surface area contributed by atoms with Crippen molar-refractivity contribution in [3.63, 3.8) is 0 Å². The summed E-state index contributed by atoms with van der Waals surface area (Å²) in [4.78, 5) is 14.5. The quantitative estimate of drug-likeness (QED) is 0.894. The SMILES string of the molecule is O=C(CC1CCNCC1)Nc1ccc(N2CCCC2)cc1. The summed E-state index contributed by atoms with van der Waals surface area (Å²) in [7, 11) is 0. The van der Waals surface area contributed by atoms with Crippen molar-refractivity contribution >= 4 is 17.3 Å². The minimum Gasteiger partial charge on any atom is -0.372 e. The third-order valence-corrected chi connectivity index (χ3v) is 4.56. The van der Waals surface area contributed by atoms with Gasteiger partial charge in [0, 0.05) is 30.9 Å². The van der Waals surface area contributed by atoms with Crippen LogP contribution in [0, 0.1) is 5.92 Å². The summed E-state index contributed by atoms with van der Waals surface area (Å²) in [5.74, 6) is 0.686. The normalized spacial score (nSPS) is 19.7. The molecule has 1 aromatic carbocycles. The van der Waals surface area contributed by atoms with Crippen molar-refractivity contribution in [3.05, 3.63) is 24.3 Å². The number of carbonyl (C=O) groups is 1. The number of hydrogen-bond donors (Lipinski definition) is 2. The van der Waals surface area contributed by atoms with E-state index in [0.717, 1.165) is 44.7 Å². The molecular weight excluding hydrogens is 262 g/mol. The van der Waals surface area contributed by atoms with Crippen LogP contribution in [0.15, 0.2) is 24.3 Å². The van der Waals surface area contributed by atoms with Crippen LogP contribution in [0.5, 0.6) is 0 Å². The zero-order valence-electron chi connectivity index (χ0n) is 12.6. The van der Waals surface area contributed by atoms with E-state index in [1.165, 1.54) is 18.5 Å². The van der Waals surface area contributed by atoms with E-state index in [4.69, 9.17) is 0 Å². The van der Waals surface area contributed by atoms with Crippen molar-refractivity contribution in [3.8, 4) is 0 Å². The lowest BCUT2D eigenvalue weighted by Gasteiger charge is -2.22. The Bertz CT molecular complexity index is 459. The molecule has 2 heterocycles. The number of anilines is 2. The maximum Gasteiger partial charge on any atom is 0.224 e. The second-order valence-electron chi connectivity index (χ2n) is 6.19. The van der Waals surface area contributed by atoms with Gasteiger partial charge in [0.05, 0.1) is 0 Å². The number of nitrogens with one attached hydrogen (secondary N) is 2. The molecule has 0 spiro atoms. The average molecular weight is 287 g/mol. The summed E-state index contributed by atoms with van der Waals surface area (Å²) >= 11 is 0. The lowest BCUT2D eigenvalue weighted by atomic mass is 9.94. The Morgan fingerprint density at radius 3 is 2.48 bits per heavy atom. The number of nitrogens with zero attached hydrogens (tertiary/aromatic N) is 1. The first-order valence-electron chi connectivity index (χ1n) is 8.17.